The second kappa shape index (κ2) is 9.12. The van der Waals surface area contributed by atoms with Crippen molar-refractivity contribution in [1.29, 1.82) is 0 Å². The summed E-state index contributed by atoms with van der Waals surface area (Å²) in [4.78, 5) is 34.7. The monoisotopic (exact) mass is 310 g/mol. The van der Waals surface area contributed by atoms with E-state index in [4.69, 9.17) is 5.11 Å². The van der Waals surface area contributed by atoms with E-state index in [0.29, 0.717) is 24.5 Å². The van der Waals surface area contributed by atoms with E-state index in [2.05, 4.69) is 10.3 Å². The molecule has 7 heteroatoms. The van der Waals surface area contributed by atoms with Crippen molar-refractivity contribution in [3.8, 4) is 0 Å². The lowest BCUT2D eigenvalue weighted by atomic mass is 10.2. The number of hydrogen-bond acceptors (Lipinski definition) is 5. The van der Waals surface area contributed by atoms with E-state index in [9.17, 15) is 14.4 Å². The molecule has 0 aromatic carbocycles. The van der Waals surface area contributed by atoms with Crippen LogP contribution in [0.5, 0.6) is 0 Å². The van der Waals surface area contributed by atoms with Gasteiger partial charge in [-0.15, -0.1) is 11.8 Å². The minimum Gasteiger partial charge on any atom is -0.481 e. The summed E-state index contributed by atoms with van der Waals surface area (Å²) in [7, 11) is 0. The number of aromatic nitrogens is 1. The summed E-state index contributed by atoms with van der Waals surface area (Å²) in [6.07, 6.45) is 3.39. The van der Waals surface area contributed by atoms with Crippen LogP contribution in [0.25, 0.3) is 0 Å². The molecule has 2 amide bonds. The Morgan fingerprint density at radius 2 is 2.05 bits per heavy atom. The highest BCUT2D eigenvalue weighted by Gasteiger charge is 2.15. The molecular weight excluding hydrogens is 292 g/mol. The molecule has 1 aliphatic heterocycles. The van der Waals surface area contributed by atoms with Crippen LogP contribution in [0.3, 0.4) is 0 Å². The van der Waals surface area contributed by atoms with Crippen molar-refractivity contribution in [1.82, 2.24) is 10.3 Å². The normalized spacial score (nSPS) is 14.9. The van der Waals surface area contributed by atoms with Gasteiger partial charge in [0.05, 0.1) is 5.03 Å². The minimum atomic E-state index is -0.738. The molecule has 0 bridgehead atoms. The van der Waals surface area contributed by atoms with Crippen LogP contribution in [-0.4, -0.2) is 33.1 Å². The number of nitrogens with one attached hydrogen (secondary N) is 1. The number of rotatable bonds is 5. The molecule has 0 saturated carbocycles. The van der Waals surface area contributed by atoms with Gasteiger partial charge in [-0.3, -0.25) is 19.7 Å². The third-order valence-corrected chi connectivity index (χ3v) is 3.70. The Morgan fingerprint density at radius 3 is 2.48 bits per heavy atom. The molecule has 1 aliphatic rings. The lowest BCUT2D eigenvalue weighted by molar-refractivity contribution is -0.137. The first-order chi connectivity index (χ1) is 9.97. The van der Waals surface area contributed by atoms with Crippen LogP contribution in [0.1, 0.15) is 32.6 Å². The molecule has 0 aliphatic carbocycles. The molecule has 1 fully saturated rings. The van der Waals surface area contributed by atoms with Gasteiger partial charge in [-0.05, 0) is 18.6 Å². The van der Waals surface area contributed by atoms with Crippen molar-refractivity contribution >= 4 is 29.5 Å². The molecule has 6 nitrogen and oxygen atoms in total. The van der Waals surface area contributed by atoms with Crippen molar-refractivity contribution in [3.63, 3.8) is 0 Å². The van der Waals surface area contributed by atoms with Gasteiger partial charge in [0.2, 0.25) is 11.8 Å². The zero-order chi connectivity index (χ0) is 15.7. The van der Waals surface area contributed by atoms with Crippen molar-refractivity contribution in [2.75, 3.05) is 0 Å². The lowest BCUT2D eigenvalue weighted by Gasteiger charge is -2.07. The van der Waals surface area contributed by atoms with E-state index >= 15 is 0 Å². The van der Waals surface area contributed by atoms with Crippen molar-refractivity contribution in [3.05, 3.63) is 24.4 Å². The zero-order valence-electron chi connectivity index (χ0n) is 11.7. The van der Waals surface area contributed by atoms with Crippen LogP contribution in [0.15, 0.2) is 29.4 Å². The Kier molecular flexibility index (Phi) is 7.45. The topological polar surface area (TPSA) is 96.4 Å². The van der Waals surface area contributed by atoms with E-state index < -0.39 is 5.97 Å². The Hall–Kier alpha value is -1.89. The third-order valence-electron chi connectivity index (χ3n) is 2.58. The maximum absolute atomic E-state index is 10.3. The van der Waals surface area contributed by atoms with E-state index in [1.54, 1.807) is 18.0 Å². The number of imide groups is 1. The van der Waals surface area contributed by atoms with Gasteiger partial charge in [0, 0.05) is 30.7 Å². The molecular formula is C14H18N2O4S. The van der Waals surface area contributed by atoms with Gasteiger partial charge in [-0.1, -0.05) is 13.0 Å². The van der Waals surface area contributed by atoms with Gasteiger partial charge in [0.1, 0.15) is 0 Å². The Balaban J connectivity index is 0.000000262. The molecule has 1 unspecified atom stereocenters. The molecule has 2 heterocycles. The fourth-order valence-corrected chi connectivity index (χ4v) is 2.44. The number of hydrogen-bond donors (Lipinski definition) is 2. The third kappa shape index (κ3) is 8.09. The van der Waals surface area contributed by atoms with E-state index in [0.717, 1.165) is 5.03 Å². The number of nitrogens with zero attached hydrogens (tertiary/aromatic N) is 1. The summed E-state index contributed by atoms with van der Waals surface area (Å²) in [6, 6.07) is 5.73. The molecule has 1 aromatic heterocycles. The van der Waals surface area contributed by atoms with Gasteiger partial charge in [0.15, 0.2) is 0 Å². The SMILES string of the molecule is CC(CCC(=O)O)Sc1ccccn1.O=C1CCC(=O)N1. The highest BCUT2D eigenvalue weighted by atomic mass is 32.2. The Bertz CT molecular complexity index is 479. The van der Waals surface area contributed by atoms with E-state index in [1.807, 2.05) is 25.1 Å². The van der Waals surface area contributed by atoms with Crippen LogP contribution in [-0.2, 0) is 14.4 Å². The van der Waals surface area contributed by atoms with Crippen molar-refractivity contribution in [2.24, 2.45) is 0 Å². The van der Waals surface area contributed by atoms with Gasteiger partial charge in [-0.25, -0.2) is 4.98 Å². The maximum Gasteiger partial charge on any atom is 0.303 e. The largest absolute Gasteiger partial charge is 0.481 e. The van der Waals surface area contributed by atoms with Crippen LogP contribution in [0, 0.1) is 0 Å². The number of aliphatic carboxylic acids is 1. The molecule has 21 heavy (non-hydrogen) atoms. The number of carbonyl (C=O) groups is 3. The molecule has 0 spiro atoms. The summed E-state index contributed by atoms with van der Waals surface area (Å²) in [5.41, 5.74) is 0. The number of carboxylic acid groups (broad SMARTS) is 1. The van der Waals surface area contributed by atoms with Gasteiger partial charge in [-0.2, -0.15) is 0 Å². The lowest BCUT2D eigenvalue weighted by Crippen LogP contribution is -2.18. The first-order valence-corrected chi connectivity index (χ1v) is 7.47. The van der Waals surface area contributed by atoms with Crippen LogP contribution in [0.4, 0.5) is 0 Å². The number of pyridine rings is 1. The summed E-state index contributed by atoms with van der Waals surface area (Å²) in [5.74, 6) is -1.03. The van der Waals surface area contributed by atoms with Crippen molar-refractivity contribution in [2.45, 2.75) is 42.9 Å². The molecule has 2 N–H and O–H groups in total. The molecule has 114 valence electrons. The number of thioether (sulfide) groups is 1. The van der Waals surface area contributed by atoms with Crippen LogP contribution in [0.2, 0.25) is 0 Å². The molecule has 2 rings (SSSR count). The predicted molar refractivity (Wildman–Crippen MR) is 78.8 cm³/mol. The second-order valence-corrected chi connectivity index (χ2v) is 5.96. The first-order valence-electron chi connectivity index (χ1n) is 6.59. The van der Waals surface area contributed by atoms with Crippen LogP contribution < -0.4 is 5.32 Å². The Morgan fingerprint density at radius 1 is 1.38 bits per heavy atom. The fraction of sp³-hybridized carbons (Fsp3) is 0.429. The minimum absolute atomic E-state index is 0.148. The quantitative estimate of drug-likeness (QED) is 0.636. The Labute approximate surface area is 127 Å². The van der Waals surface area contributed by atoms with E-state index in [1.165, 1.54) is 0 Å². The van der Waals surface area contributed by atoms with Gasteiger partial charge >= 0.3 is 5.97 Å². The summed E-state index contributed by atoms with van der Waals surface area (Å²) < 4.78 is 0. The highest BCUT2D eigenvalue weighted by Crippen LogP contribution is 2.23. The smallest absolute Gasteiger partial charge is 0.303 e. The average Bonchev–Trinajstić information content (AvgIpc) is 2.82. The number of amides is 2. The summed E-state index contributed by atoms with van der Waals surface area (Å²) in [6.45, 7) is 2.02. The van der Waals surface area contributed by atoms with Gasteiger partial charge < -0.3 is 5.11 Å². The van der Waals surface area contributed by atoms with E-state index in [-0.39, 0.29) is 18.2 Å². The molecule has 0 radical (unpaired) electrons. The zero-order valence-corrected chi connectivity index (χ0v) is 12.6. The standard InChI is InChI=1S/C10H13NO2S.C4H5NO2/c1-8(5-6-10(12)13)14-9-4-2-3-7-11-9;6-3-1-2-4(7)5-3/h2-4,7-8H,5-6H2,1H3,(H,12,13);1-2H2,(H,5,6,7). The predicted octanol–water partition coefficient (Wildman–Crippen LogP) is 1.85. The second-order valence-electron chi connectivity index (χ2n) is 4.50. The van der Waals surface area contributed by atoms with Crippen molar-refractivity contribution < 1.29 is 19.5 Å². The number of carbonyl (C=O) groups excluding carboxylic acids is 2. The van der Waals surface area contributed by atoms with Crippen LogP contribution >= 0.6 is 11.8 Å². The number of carboxylic acids is 1. The molecule has 1 aromatic rings. The summed E-state index contributed by atoms with van der Waals surface area (Å²) >= 11 is 1.61. The fourth-order valence-electron chi connectivity index (χ4n) is 1.52. The maximum atomic E-state index is 10.3. The van der Waals surface area contributed by atoms with Gasteiger partial charge in [0.25, 0.3) is 0 Å². The molecule has 1 saturated heterocycles. The molecule has 1 atom stereocenters. The summed E-state index contributed by atoms with van der Waals surface area (Å²) in [5, 5.41) is 11.9. The average molecular weight is 310 g/mol. The highest BCUT2D eigenvalue weighted by molar-refractivity contribution is 7.99. The first kappa shape index (κ1) is 17.2.